The first kappa shape index (κ1) is 14.2. The first-order chi connectivity index (χ1) is 10.1. The van der Waals surface area contributed by atoms with Crippen LogP contribution in [0.15, 0.2) is 30.5 Å². The van der Waals surface area contributed by atoms with E-state index < -0.39 is 0 Å². The fourth-order valence-electron chi connectivity index (χ4n) is 3.07. The molecule has 0 bridgehead atoms. The lowest BCUT2D eigenvalue weighted by Crippen LogP contribution is -2.23. The van der Waals surface area contributed by atoms with E-state index in [4.69, 9.17) is 0 Å². The molecule has 1 aliphatic heterocycles. The molecule has 0 unspecified atom stereocenters. The zero-order valence-corrected chi connectivity index (χ0v) is 13.1. The number of rotatable bonds is 3. The number of likely N-dealkylation sites (tertiary alicyclic amines) is 1. The van der Waals surface area contributed by atoms with Crippen LogP contribution in [-0.4, -0.2) is 28.0 Å². The molecule has 3 rings (SSSR count). The topological polar surface area (TPSA) is 29.0 Å². The molecular weight excluding hydrogens is 258 g/mol. The maximum atomic E-state index is 4.62. The lowest BCUT2D eigenvalue weighted by Gasteiger charge is -2.24. The Morgan fingerprint density at radius 1 is 1.05 bits per heavy atom. The van der Waals surface area contributed by atoms with Crippen LogP contribution in [0.1, 0.15) is 42.8 Å². The first-order valence-corrected chi connectivity index (χ1v) is 7.80. The van der Waals surface area contributed by atoms with Crippen molar-refractivity contribution in [2.45, 2.75) is 39.7 Å². The summed E-state index contributed by atoms with van der Waals surface area (Å²) in [6.45, 7) is 8.76. The van der Waals surface area contributed by atoms with E-state index in [-0.39, 0.29) is 0 Å². The Balaban J connectivity index is 1.85. The standard InChI is InChI=1S/C18H23N3/c1-13-12-19-14(2)18(20-13)17-8-6-16(7-9-17)15(3)21-10-4-5-11-21/h6-9,12,15H,4-5,10-11H2,1-3H3/t15-/m0/s1. The van der Waals surface area contributed by atoms with Crippen LogP contribution in [0.2, 0.25) is 0 Å². The minimum absolute atomic E-state index is 0.506. The molecule has 110 valence electrons. The number of hydrogen-bond donors (Lipinski definition) is 0. The van der Waals surface area contributed by atoms with Crippen LogP contribution in [-0.2, 0) is 0 Å². The van der Waals surface area contributed by atoms with Crippen molar-refractivity contribution in [1.29, 1.82) is 0 Å². The zero-order chi connectivity index (χ0) is 14.8. The Bertz CT molecular complexity index is 613. The summed E-state index contributed by atoms with van der Waals surface area (Å²) < 4.78 is 0. The fourth-order valence-corrected chi connectivity index (χ4v) is 3.07. The molecule has 1 fully saturated rings. The molecule has 1 atom stereocenters. The lowest BCUT2D eigenvalue weighted by atomic mass is 10.0. The summed E-state index contributed by atoms with van der Waals surface area (Å²) in [4.78, 5) is 11.6. The molecule has 1 aromatic heterocycles. The highest BCUT2D eigenvalue weighted by Gasteiger charge is 2.19. The third kappa shape index (κ3) is 2.98. The van der Waals surface area contributed by atoms with E-state index in [1.165, 1.54) is 31.5 Å². The molecule has 21 heavy (non-hydrogen) atoms. The van der Waals surface area contributed by atoms with Crippen LogP contribution in [0.4, 0.5) is 0 Å². The normalized spacial score (nSPS) is 17.1. The fraction of sp³-hybridized carbons (Fsp3) is 0.444. The van der Waals surface area contributed by atoms with Gasteiger partial charge in [-0.3, -0.25) is 9.88 Å². The van der Waals surface area contributed by atoms with Crippen LogP contribution in [0.25, 0.3) is 11.3 Å². The number of aromatic nitrogens is 2. The Morgan fingerprint density at radius 3 is 2.38 bits per heavy atom. The molecule has 2 heterocycles. The van der Waals surface area contributed by atoms with Gasteiger partial charge < -0.3 is 0 Å². The molecule has 0 saturated carbocycles. The van der Waals surface area contributed by atoms with E-state index in [1.54, 1.807) is 0 Å². The Hall–Kier alpha value is -1.74. The van der Waals surface area contributed by atoms with Gasteiger partial charge in [0.2, 0.25) is 0 Å². The van der Waals surface area contributed by atoms with Crippen molar-refractivity contribution in [1.82, 2.24) is 14.9 Å². The van der Waals surface area contributed by atoms with Gasteiger partial charge in [0.1, 0.15) is 0 Å². The largest absolute Gasteiger partial charge is 0.297 e. The minimum Gasteiger partial charge on any atom is -0.297 e. The summed E-state index contributed by atoms with van der Waals surface area (Å²) >= 11 is 0. The Kier molecular flexibility index (Phi) is 4.02. The monoisotopic (exact) mass is 281 g/mol. The van der Waals surface area contributed by atoms with Crippen molar-refractivity contribution < 1.29 is 0 Å². The number of hydrogen-bond acceptors (Lipinski definition) is 3. The third-order valence-electron chi connectivity index (χ3n) is 4.43. The molecule has 2 aromatic rings. The number of nitrogens with zero attached hydrogens (tertiary/aromatic N) is 3. The van der Waals surface area contributed by atoms with Crippen LogP contribution in [0.3, 0.4) is 0 Å². The molecule has 0 radical (unpaired) electrons. The van der Waals surface area contributed by atoms with Gasteiger partial charge >= 0.3 is 0 Å². The summed E-state index contributed by atoms with van der Waals surface area (Å²) in [7, 11) is 0. The maximum absolute atomic E-state index is 4.62. The number of aryl methyl sites for hydroxylation is 2. The van der Waals surface area contributed by atoms with Gasteiger partial charge in [-0.25, -0.2) is 4.98 Å². The Labute approximate surface area is 127 Å². The molecule has 0 aliphatic carbocycles. The van der Waals surface area contributed by atoms with Crippen LogP contribution in [0.5, 0.6) is 0 Å². The van der Waals surface area contributed by atoms with Crippen LogP contribution < -0.4 is 0 Å². The lowest BCUT2D eigenvalue weighted by molar-refractivity contribution is 0.263. The van der Waals surface area contributed by atoms with E-state index in [2.05, 4.69) is 46.1 Å². The summed E-state index contributed by atoms with van der Waals surface area (Å²) in [6.07, 6.45) is 4.49. The Morgan fingerprint density at radius 2 is 1.71 bits per heavy atom. The van der Waals surface area contributed by atoms with Crippen molar-refractivity contribution in [3.05, 3.63) is 47.4 Å². The van der Waals surface area contributed by atoms with Crippen molar-refractivity contribution in [2.24, 2.45) is 0 Å². The molecule has 0 amide bonds. The number of benzene rings is 1. The second-order valence-electron chi connectivity index (χ2n) is 5.99. The summed E-state index contributed by atoms with van der Waals surface area (Å²) in [5.41, 5.74) is 5.49. The summed E-state index contributed by atoms with van der Waals surface area (Å²) in [6, 6.07) is 9.34. The van der Waals surface area contributed by atoms with Crippen LogP contribution in [0, 0.1) is 13.8 Å². The van der Waals surface area contributed by atoms with Gasteiger partial charge in [-0.1, -0.05) is 24.3 Å². The molecule has 0 spiro atoms. The van der Waals surface area contributed by atoms with Crippen LogP contribution >= 0.6 is 0 Å². The maximum Gasteiger partial charge on any atom is 0.0917 e. The van der Waals surface area contributed by atoms with Gasteiger partial charge in [0.15, 0.2) is 0 Å². The van der Waals surface area contributed by atoms with Gasteiger partial charge in [0.05, 0.1) is 17.1 Å². The highest BCUT2D eigenvalue weighted by Crippen LogP contribution is 2.27. The van der Waals surface area contributed by atoms with Gasteiger partial charge in [-0.2, -0.15) is 0 Å². The summed E-state index contributed by atoms with van der Waals surface area (Å²) in [5.74, 6) is 0. The van der Waals surface area contributed by atoms with Crippen molar-refractivity contribution in [3.8, 4) is 11.3 Å². The molecule has 1 aromatic carbocycles. The highest BCUT2D eigenvalue weighted by atomic mass is 15.2. The predicted octanol–water partition coefficient (Wildman–Crippen LogP) is 3.92. The average molecular weight is 281 g/mol. The minimum atomic E-state index is 0.506. The average Bonchev–Trinajstić information content (AvgIpc) is 3.03. The van der Waals surface area contributed by atoms with Crippen molar-refractivity contribution in [2.75, 3.05) is 13.1 Å². The van der Waals surface area contributed by atoms with Crippen molar-refractivity contribution in [3.63, 3.8) is 0 Å². The van der Waals surface area contributed by atoms with Crippen molar-refractivity contribution >= 4 is 0 Å². The van der Waals surface area contributed by atoms with E-state index >= 15 is 0 Å². The molecule has 0 N–H and O–H groups in total. The predicted molar refractivity (Wildman–Crippen MR) is 86.2 cm³/mol. The second kappa shape index (κ2) is 5.94. The van der Waals surface area contributed by atoms with Gasteiger partial charge in [-0.05, 0) is 52.3 Å². The van der Waals surface area contributed by atoms with Gasteiger partial charge in [-0.15, -0.1) is 0 Å². The molecular formula is C18H23N3. The second-order valence-corrected chi connectivity index (χ2v) is 5.99. The molecule has 3 heteroatoms. The molecule has 1 aliphatic rings. The van der Waals surface area contributed by atoms with E-state index in [1.807, 2.05) is 20.0 Å². The zero-order valence-electron chi connectivity index (χ0n) is 13.1. The van der Waals surface area contributed by atoms with E-state index in [9.17, 15) is 0 Å². The van der Waals surface area contributed by atoms with E-state index in [0.29, 0.717) is 6.04 Å². The van der Waals surface area contributed by atoms with Gasteiger partial charge in [0.25, 0.3) is 0 Å². The smallest absolute Gasteiger partial charge is 0.0917 e. The molecule has 3 nitrogen and oxygen atoms in total. The first-order valence-electron chi connectivity index (χ1n) is 7.80. The SMILES string of the molecule is Cc1cnc(C)c(-c2ccc([C@H](C)N3CCCC3)cc2)n1. The quantitative estimate of drug-likeness (QED) is 0.854. The summed E-state index contributed by atoms with van der Waals surface area (Å²) in [5, 5.41) is 0. The highest BCUT2D eigenvalue weighted by molar-refractivity contribution is 5.61. The third-order valence-corrected chi connectivity index (χ3v) is 4.43. The van der Waals surface area contributed by atoms with Gasteiger partial charge in [0, 0.05) is 17.8 Å². The molecule has 1 saturated heterocycles. The van der Waals surface area contributed by atoms with E-state index in [0.717, 1.165) is 22.6 Å².